The lowest BCUT2D eigenvalue weighted by Gasteiger charge is -2.06. The van der Waals surface area contributed by atoms with Crippen LogP contribution >= 0.6 is 0 Å². The molecule has 0 aliphatic heterocycles. The first-order valence-electron chi connectivity index (χ1n) is 6.37. The zero-order valence-electron chi connectivity index (χ0n) is 11.3. The summed E-state index contributed by atoms with van der Waals surface area (Å²) in [5, 5.41) is 0. The van der Waals surface area contributed by atoms with Gasteiger partial charge in [0.25, 0.3) is 0 Å². The zero-order valence-corrected chi connectivity index (χ0v) is 11.3. The molecule has 0 unspecified atom stereocenters. The number of hydrogen-bond acceptors (Lipinski definition) is 3. The Morgan fingerprint density at radius 1 is 1.32 bits per heavy atom. The fraction of sp³-hybridized carbons (Fsp3) is 0.333. The lowest BCUT2D eigenvalue weighted by Crippen LogP contribution is -2.13. The normalized spacial score (nSPS) is 10.9. The van der Waals surface area contributed by atoms with Crippen LogP contribution in [0, 0.1) is 5.92 Å². The highest BCUT2D eigenvalue weighted by Crippen LogP contribution is 2.23. The molecule has 0 spiro atoms. The maximum Gasteiger partial charge on any atom is 0.340 e. The van der Waals surface area contributed by atoms with E-state index in [0.29, 0.717) is 17.7 Å². The van der Waals surface area contributed by atoms with E-state index in [-0.39, 0.29) is 11.7 Å². The predicted octanol–water partition coefficient (Wildman–Crippen LogP) is 2.95. The van der Waals surface area contributed by atoms with Crippen LogP contribution in [0.15, 0.2) is 30.6 Å². The molecule has 0 saturated heterocycles. The van der Waals surface area contributed by atoms with E-state index < -0.39 is 5.97 Å². The summed E-state index contributed by atoms with van der Waals surface area (Å²) >= 11 is 0. The van der Waals surface area contributed by atoms with Crippen LogP contribution in [0.5, 0.6) is 0 Å². The quantitative estimate of drug-likeness (QED) is 0.626. The number of carbonyl (C=O) groups is 2. The molecular weight excluding hydrogens is 242 g/mol. The van der Waals surface area contributed by atoms with Crippen LogP contribution in [0.2, 0.25) is 0 Å². The Balaban J connectivity index is 2.65. The lowest BCUT2D eigenvalue weighted by molar-refractivity contribution is 0.0523. The fourth-order valence-electron chi connectivity index (χ4n) is 2.03. The van der Waals surface area contributed by atoms with E-state index in [1.165, 1.54) is 0 Å². The van der Waals surface area contributed by atoms with Crippen LogP contribution < -0.4 is 0 Å². The highest BCUT2D eigenvalue weighted by atomic mass is 16.5. The number of carbonyl (C=O) groups excluding carboxylic acids is 2. The Morgan fingerprint density at radius 3 is 2.68 bits per heavy atom. The highest BCUT2D eigenvalue weighted by molar-refractivity contribution is 6.12. The highest BCUT2D eigenvalue weighted by Gasteiger charge is 2.24. The molecule has 0 saturated carbocycles. The van der Waals surface area contributed by atoms with Gasteiger partial charge in [-0.25, -0.2) is 4.79 Å². The average molecular weight is 259 g/mol. The molecule has 0 amide bonds. The molecule has 0 bridgehead atoms. The molecule has 0 aromatic carbocycles. The van der Waals surface area contributed by atoms with Crippen molar-refractivity contribution in [1.82, 2.24) is 4.40 Å². The Kier molecular flexibility index (Phi) is 3.69. The molecule has 100 valence electrons. The Labute approximate surface area is 112 Å². The minimum atomic E-state index is -0.449. The molecule has 0 atom stereocenters. The smallest absolute Gasteiger partial charge is 0.340 e. The first-order valence-corrected chi connectivity index (χ1v) is 6.37. The number of ketones is 1. The topological polar surface area (TPSA) is 47.8 Å². The molecule has 0 aliphatic rings. The summed E-state index contributed by atoms with van der Waals surface area (Å²) in [6.45, 7) is 5.69. The van der Waals surface area contributed by atoms with Gasteiger partial charge in [0.15, 0.2) is 5.78 Å². The zero-order chi connectivity index (χ0) is 14.0. The van der Waals surface area contributed by atoms with Crippen LogP contribution in [0.1, 0.15) is 41.5 Å². The van der Waals surface area contributed by atoms with Gasteiger partial charge in [0.05, 0.1) is 23.3 Å². The largest absolute Gasteiger partial charge is 0.462 e. The van der Waals surface area contributed by atoms with Gasteiger partial charge in [-0.1, -0.05) is 19.9 Å². The molecule has 0 aliphatic carbocycles. The second-order valence-electron chi connectivity index (χ2n) is 4.65. The summed E-state index contributed by atoms with van der Waals surface area (Å²) in [5.41, 5.74) is 1.53. The van der Waals surface area contributed by atoms with Crippen molar-refractivity contribution in [2.45, 2.75) is 20.8 Å². The van der Waals surface area contributed by atoms with Gasteiger partial charge in [-0.15, -0.1) is 0 Å². The van der Waals surface area contributed by atoms with Crippen molar-refractivity contribution >= 4 is 17.3 Å². The van der Waals surface area contributed by atoms with E-state index in [1.807, 2.05) is 38.2 Å². The summed E-state index contributed by atoms with van der Waals surface area (Å²) in [6.07, 6.45) is 3.47. The monoisotopic (exact) mass is 259 g/mol. The van der Waals surface area contributed by atoms with E-state index in [4.69, 9.17) is 4.74 Å². The number of aromatic nitrogens is 1. The molecule has 2 aromatic heterocycles. The van der Waals surface area contributed by atoms with Crippen molar-refractivity contribution in [2.75, 3.05) is 6.61 Å². The van der Waals surface area contributed by atoms with Gasteiger partial charge in [-0.3, -0.25) is 4.79 Å². The molecule has 0 N–H and O–H groups in total. The van der Waals surface area contributed by atoms with Gasteiger partial charge in [0, 0.05) is 18.3 Å². The minimum Gasteiger partial charge on any atom is -0.462 e. The number of hydrogen-bond donors (Lipinski definition) is 0. The fourth-order valence-corrected chi connectivity index (χ4v) is 2.03. The number of pyridine rings is 1. The average Bonchev–Trinajstić information content (AvgIpc) is 2.77. The Hall–Kier alpha value is -2.10. The minimum absolute atomic E-state index is 0.0447. The number of fused-ring (bicyclic) bond motifs is 1. The Morgan fingerprint density at radius 2 is 2.05 bits per heavy atom. The van der Waals surface area contributed by atoms with Crippen molar-refractivity contribution < 1.29 is 14.3 Å². The van der Waals surface area contributed by atoms with Gasteiger partial charge in [-0.2, -0.15) is 0 Å². The van der Waals surface area contributed by atoms with Crippen LogP contribution in [-0.4, -0.2) is 22.8 Å². The molecule has 2 heterocycles. The maximum atomic E-state index is 12.3. The van der Waals surface area contributed by atoms with E-state index >= 15 is 0 Å². The third-order valence-electron chi connectivity index (χ3n) is 2.95. The van der Waals surface area contributed by atoms with E-state index in [1.54, 1.807) is 17.5 Å². The summed E-state index contributed by atoms with van der Waals surface area (Å²) in [6, 6.07) is 5.53. The summed E-state index contributed by atoms with van der Waals surface area (Å²) in [4.78, 5) is 24.3. The standard InChI is InChI=1S/C15H17NO3/c1-4-19-15(18)11-9-16-8-6-5-7-12(16)13(11)14(17)10(2)3/h5-10H,4H2,1-3H3. The van der Waals surface area contributed by atoms with Gasteiger partial charge in [0.1, 0.15) is 0 Å². The number of esters is 1. The first-order chi connectivity index (χ1) is 9.06. The summed E-state index contributed by atoms with van der Waals surface area (Å²) < 4.78 is 6.80. The van der Waals surface area contributed by atoms with Crippen molar-refractivity contribution in [2.24, 2.45) is 5.92 Å². The predicted molar refractivity (Wildman–Crippen MR) is 72.5 cm³/mol. The number of nitrogens with zero attached hydrogens (tertiary/aromatic N) is 1. The summed E-state index contributed by atoms with van der Waals surface area (Å²) in [7, 11) is 0. The SMILES string of the molecule is CCOC(=O)c1cn2ccccc2c1C(=O)C(C)C. The van der Waals surface area contributed by atoms with Crippen LogP contribution in [-0.2, 0) is 4.74 Å². The molecule has 2 aromatic rings. The first kappa shape index (κ1) is 13.3. The van der Waals surface area contributed by atoms with Gasteiger partial charge in [0.2, 0.25) is 0 Å². The molecular formula is C15H17NO3. The van der Waals surface area contributed by atoms with E-state index in [0.717, 1.165) is 5.52 Å². The number of Topliss-reactive ketones (excluding diaryl/α,β-unsaturated/α-hetero) is 1. The number of rotatable bonds is 4. The van der Waals surface area contributed by atoms with Crippen LogP contribution in [0.25, 0.3) is 5.52 Å². The van der Waals surface area contributed by atoms with Crippen LogP contribution in [0.3, 0.4) is 0 Å². The second-order valence-corrected chi connectivity index (χ2v) is 4.65. The third kappa shape index (κ3) is 2.38. The molecule has 0 fully saturated rings. The molecule has 0 radical (unpaired) electrons. The molecule has 19 heavy (non-hydrogen) atoms. The lowest BCUT2D eigenvalue weighted by atomic mass is 9.98. The van der Waals surface area contributed by atoms with Crippen molar-refractivity contribution in [3.05, 3.63) is 41.7 Å². The molecule has 4 nitrogen and oxygen atoms in total. The third-order valence-corrected chi connectivity index (χ3v) is 2.95. The van der Waals surface area contributed by atoms with Crippen molar-refractivity contribution in [3.8, 4) is 0 Å². The maximum absolute atomic E-state index is 12.3. The Bertz CT molecular complexity index is 625. The summed E-state index contributed by atoms with van der Waals surface area (Å²) in [5.74, 6) is -0.661. The second kappa shape index (κ2) is 5.26. The van der Waals surface area contributed by atoms with Crippen molar-refractivity contribution in [3.63, 3.8) is 0 Å². The van der Waals surface area contributed by atoms with Gasteiger partial charge >= 0.3 is 5.97 Å². The van der Waals surface area contributed by atoms with Crippen molar-refractivity contribution in [1.29, 1.82) is 0 Å². The number of ether oxygens (including phenoxy) is 1. The van der Waals surface area contributed by atoms with Crippen LogP contribution in [0.4, 0.5) is 0 Å². The van der Waals surface area contributed by atoms with Gasteiger partial charge < -0.3 is 9.14 Å². The molecule has 4 heteroatoms. The van der Waals surface area contributed by atoms with E-state index in [2.05, 4.69) is 0 Å². The molecule has 2 rings (SSSR count). The van der Waals surface area contributed by atoms with E-state index in [9.17, 15) is 9.59 Å². The van der Waals surface area contributed by atoms with Gasteiger partial charge in [-0.05, 0) is 19.1 Å².